The Hall–Kier alpha value is -1.90. The van der Waals surface area contributed by atoms with Gasteiger partial charge in [-0.25, -0.2) is 0 Å². The normalized spacial score (nSPS) is 10.3. The SMILES string of the molecule is COc1ccc(Cc2cccn2C)cc1OC. The number of ether oxygens (including phenoxy) is 2. The van der Waals surface area contributed by atoms with E-state index in [0.717, 1.165) is 17.9 Å². The zero-order valence-electron chi connectivity index (χ0n) is 10.4. The quantitative estimate of drug-likeness (QED) is 0.807. The molecule has 2 aromatic rings. The highest BCUT2D eigenvalue weighted by Gasteiger charge is 2.06. The summed E-state index contributed by atoms with van der Waals surface area (Å²) in [6.07, 6.45) is 2.94. The molecule has 0 amide bonds. The molecule has 0 aliphatic carbocycles. The molecular weight excluding hydrogens is 214 g/mol. The van der Waals surface area contributed by atoms with Crippen molar-refractivity contribution < 1.29 is 9.47 Å². The van der Waals surface area contributed by atoms with Crippen molar-refractivity contribution >= 4 is 0 Å². The first-order valence-electron chi connectivity index (χ1n) is 5.55. The maximum absolute atomic E-state index is 5.29. The molecular formula is C14H17NO2. The Bertz CT molecular complexity index is 503. The fourth-order valence-corrected chi connectivity index (χ4v) is 1.88. The van der Waals surface area contributed by atoms with E-state index < -0.39 is 0 Å². The van der Waals surface area contributed by atoms with Gasteiger partial charge in [-0.3, -0.25) is 0 Å². The summed E-state index contributed by atoms with van der Waals surface area (Å²) in [7, 11) is 5.36. The molecule has 1 aromatic heterocycles. The lowest BCUT2D eigenvalue weighted by Crippen LogP contribution is -1.97. The minimum atomic E-state index is 0.767. The topological polar surface area (TPSA) is 23.4 Å². The molecule has 3 nitrogen and oxygen atoms in total. The van der Waals surface area contributed by atoms with Crippen LogP contribution in [0.4, 0.5) is 0 Å². The van der Waals surface area contributed by atoms with E-state index in [-0.39, 0.29) is 0 Å². The first kappa shape index (κ1) is 11.6. The highest BCUT2D eigenvalue weighted by molar-refractivity contribution is 5.43. The third-order valence-corrected chi connectivity index (χ3v) is 2.88. The third kappa shape index (κ3) is 2.44. The van der Waals surface area contributed by atoms with Crippen LogP contribution in [0.25, 0.3) is 0 Å². The van der Waals surface area contributed by atoms with Gasteiger partial charge in [0.1, 0.15) is 0 Å². The van der Waals surface area contributed by atoms with E-state index in [2.05, 4.69) is 36.0 Å². The van der Waals surface area contributed by atoms with E-state index in [1.807, 2.05) is 12.1 Å². The van der Waals surface area contributed by atoms with Crippen molar-refractivity contribution in [1.82, 2.24) is 4.57 Å². The highest BCUT2D eigenvalue weighted by atomic mass is 16.5. The summed E-state index contributed by atoms with van der Waals surface area (Å²) in [5.41, 5.74) is 2.49. The molecule has 1 heterocycles. The Kier molecular flexibility index (Phi) is 3.38. The average molecular weight is 231 g/mol. The van der Waals surface area contributed by atoms with Gasteiger partial charge in [0, 0.05) is 25.4 Å². The van der Waals surface area contributed by atoms with Gasteiger partial charge in [-0.2, -0.15) is 0 Å². The van der Waals surface area contributed by atoms with Crippen molar-refractivity contribution in [3.63, 3.8) is 0 Å². The molecule has 0 aliphatic rings. The van der Waals surface area contributed by atoms with Crippen LogP contribution < -0.4 is 9.47 Å². The number of nitrogens with zero attached hydrogens (tertiary/aromatic N) is 1. The van der Waals surface area contributed by atoms with E-state index in [0.29, 0.717) is 0 Å². The van der Waals surface area contributed by atoms with Gasteiger partial charge in [0.05, 0.1) is 14.2 Å². The van der Waals surface area contributed by atoms with Crippen molar-refractivity contribution in [2.45, 2.75) is 6.42 Å². The van der Waals surface area contributed by atoms with Gasteiger partial charge in [-0.1, -0.05) is 6.07 Å². The molecule has 1 aromatic carbocycles. The molecule has 0 fully saturated rings. The maximum atomic E-state index is 5.29. The summed E-state index contributed by atoms with van der Waals surface area (Å²) < 4.78 is 12.6. The Morgan fingerprint density at radius 2 is 1.82 bits per heavy atom. The second kappa shape index (κ2) is 4.95. The van der Waals surface area contributed by atoms with Crippen molar-refractivity contribution in [3.05, 3.63) is 47.8 Å². The van der Waals surface area contributed by atoms with Crippen LogP contribution >= 0.6 is 0 Å². The lowest BCUT2D eigenvalue weighted by Gasteiger charge is -2.10. The summed E-state index contributed by atoms with van der Waals surface area (Å²) in [6, 6.07) is 10.2. The molecule has 0 unspecified atom stereocenters. The average Bonchev–Trinajstić information content (AvgIpc) is 2.75. The van der Waals surface area contributed by atoms with Crippen LogP contribution in [0.5, 0.6) is 11.5 Å². The summed E-state index contributed by atoms with van der Waals surface area (Å²) >= 11 is 0. The summed E-state index contributed by atoms with van der Waals surface area (Å²) in [5, 5.41) is 0. The summed E-state index contributed by atoms with van der Waals surface area (Å²) in [6.45, 7) is 0. The number of benzene rings is 1. The number of methoxy groups -OCH3 is 2. The first-order valence-corrected chi connectivity index (χ1v) is 5.55. The Morgan fingerprint density at radius 3 is 2.41 bits per heavy atom. The standard InChI is InChI=1S/C14H17NO2/c1-15-8-4-5-12(15)9-11-6-7-13(16-2)14(10-11)17-3/h4-8,10H,9H2,1-3H3. The minimum Gasteiger partial charge on any atom is -0.493 e. The highest BCUT2D eigenvalue weighted by Crippen LogP contribution is 2.28. The largest absolute Gasteiger partial charge is 0.493 e. The van der Waals surface area contributed by atoms with Gasteiger partial charge in [-0.15, -0.1) is 0 Å². The van der Waals surface area contributed by atoms with Crippen molar-refractivity contribution in [2.24, 2.45) is 7.05 Å². The predicted molar refractivity (Wildman–Crippen MR) is 67.8 cm³/mol. The lowest BCUT2D eigenvalue weighted by molar-refractivity contribution is 0.354. The second-order valence-electron chi connectivity index (χ2n) is 3.98. The number of rotatable bonds is 4. The molecule has 0 atom stereocenters. The zero-order valence-corrected chi connectivity index (χ0v) is 10.4. The van der Waals surface area contributed by atoms with E-state index in [9.17, 15) is 0 Å². The van der Waals surface area contributed by atoms with Gasteiger partial charge < -0.3 is 14.0 Å². The molecule has 0 saturated carbocycles. The van der Waals surface area contributed by atoms with Crippen LogP contribution in [0.1, 0.15) is 11.3 Å². The smallest absolute Gasteiger partial charge is 0.160 e. The third-order valence-electron chi connectivity index (χ3n) is 2.88. The molecule has 3 heteroatoms. The molecule has 0 saturated heterocycles. The van der Waals surface area contributed by atoms with Gasteiger partial charge in [0.25, 0.3) is 0 Å². The van der Waals surface area contributed by atoms with Crippen molar-refractivity contribution in [2.75, 3.05) is 14.2 Å². The van der Waals surface area contributed by atoms with Gasteiger partial charge in [-0.05, 0) is 29.8 Å². The molecule has 0 radical (unpaired) electrons. The summed E-state index contributed by atoms with van der Waals surface area (Å²) in [5.74, 6) is 1.54. The lowest BCUT2D eigenvalue weighted by atomic mass is 10.1. The second-order valence-corrected chi connectivity index (χ2v) is 3.98. The molecule has 0 bridgehead atoms. The number of hydrogen-bond acceptors (Lipinski definition) is 2. The number of aryl methyl sites for hydroxylation is 1. The Balaban J connectivity index is 2.25. The molecule has 0 N–H and O–H groups in total. The van der Waals surface area contributed by atoms with Crippen LogP contribution in [-0.4, -0.2) is 18.8 Å². The van der Waals surface area contributed by atoms with E-state index >= 15 is 0 Å². The minimum absolute atomic E-state index is 0.767. The monoisotopic (exact) mass is 231 g/mol. The molecule has 17 heavy (non-hydrogen) atoms. The van der Waals surface area contributed by atoms with Gasteiger partial charge in [0.15, 0.2) is 11.5 Å². The van der Waals surface area contributed by atoms with Gasteiger partial charge in [0.2, 0.25) is 0 Å². The van der Waals surface area contributed by atoms with Crippen LogP contribution in [0.3, 0.4) is 0 Å². The zero-order chi connectivity index (χ0) is 12.3. The Morgan fingerprint density at radius 1 is 1.06 bits per heavy atom. The molecule has 90 valence electrons. The van der Waals surface area contributed by atoms with Gasteiger partial charge >= 0.3 is 0 Å². The van der Waals surface area contributed by atoms with E-state index in [1.54, 1.807) is 14.2 Å². The molecule has 0 aliphatic heterocycles. The number of hydrogen-bond donors (Lipinski definition) is 0. The van der Waals surface area contributed by atoms with Crippen LogP contribution in [-0.2, 0) is 13.5 Å². The van der Waals surface area contributed by atoms with Crippen LogP contribution in [0.2, 0.25) is 0 Å². The fourth-order valence-electron chi connectivity index (χ4n) is 1.88. The number of aromatic nitrogens is 1. The predicted octanol–water partition coefficient (Wildman–Crippen LogP) is 2.63. The fraction of sp³-hybridized carbons (Fsp3) is 0.286. The molecule has 2 rings (SSSR count). The van der Waals surface area contributed by atoms with Crippen LogP contribution in [0.15, 0.2) is 36.5 Å². The summed E-state index contributed by atoms with van der Waals surface area (Å²) in [4.78, 5) is 0. The van der Waals surface area contributed by atoms with Crippen LogP contribution in [0, 0.1) is 0 Å². The van der Waals surface area contributed by atoms with Crippen molar-refractivity contribution in [3.8, 4) is 11.5 Å². The molecule has 0 spiro atoms. The Labute approximate surface area is 102 Å². The maximum Gasteiger partial charge on any atom is 0.160 e. The van der Waals surface area contributed by atoms with Crippen molar-refractivity contribution in [1.29, 1.82) is 0 Å². The van der Waals surface area contributed by atoms with E-state index in [4.69, 9.17) is 9.47 Å². The first-order chi connectivity index (χ1) is 8.24. The van der Waals surface area contributed by atoms with E-state index in [1.165, 1.54) is 11.3 Å².